The van der Waals surface area contributed by atoms with Gasteiger partial charge in [-0.05, 0) is 51.8 Å². The number of aromatic carboxylic acids is 1. The molecule has 24 heavy (non-hydrogen) atoms. The van der Waals surface area contributed by atoms with E-state index in [1.54, 1.807) is 18.2 Å². The van der Waals surface area contributed by atoms with Crippen molar-refractivity contribution in [3.05, 3.63) is 63.1 Å². The van der Waals surface area contributed by atoms with Crippen LogP contribution in [0.2, 0.25) is 5.02 Å². The van der Waals surface area contributed by atoms with E-state index in [4.69, 9.17) is 21.4 Å². The highest BCUT2D eigenvalue weighted by atomic mass is 79.9. The Balaban J connectivity index is 1.76. The molecule has 0 saturated heterocycles. The molecular formula is C17H15BrClNO4. The lowest BCUT2D eigenvalue weighted by Crippen LogP contribution is -2.19. The highest BCUT2D eigenvalue weighted by Crippen LogP contribution is 2.23. The van der Waals surface area contributed by atoms with Gasteiger partial charge in [0.2, 0.25) is 0 Å². The third-order valence-electron chi connectivity index (χ3n) is 3.11. The Labute approximate surface area is 152 Å². The van der Waals surface area contributed by atoms with Crippen LogP contribution in [0.4, 0.5) is 5.69 Å². The van der Waals surface area contributed by atoms with E-state index in [0.717, 1.165) is 10.0 Å². The van der Waals surface area contributed by atoms with E-state index in [1.165, 1.54) is 12.1 Å². The summed E-state index contributed by atoms with van der Waals surface area (Å²) in [7, 11) is 0. The van der Waals surface area contributed by atoms with E-state index >= 15 is 0 Å². The standard InChI is InChI=1S/C17H15BrClNO4/c18-15-5-4-11(6-16(15)19)9-24-10-14(21)8-20-13-3-1-2-12(7-13)17(22)23/h1-7,20H,8-10H2,(H,22,23). The maximum atomic E-state index is 11.8. The van der Waals surface area contributed by atoms with Gasteiger partial charge in [0.25, 0.3) is 0 Å². The number of ether oxygens (including phenoxy) is 1. The van der Waals surface area contributed by atoms with Crippen molar-refractivity contribution in [2.24, 2.45) is 0 Å². The molecule has 0 heterocycles. The van der Waals surface area contributed by atoms with Crippen LogP contribution in [0, 0.1) is 0 Å². The van der Waals surface area contributed by atoms with E-state index in [0.29, 0.717) is 10.7 Å². The van der Waals surface area contributed by atoms with Crippen molar-refractivity contribution >= 4 is 45.0 Å². The molecule has 0 aliphatic heterocycles. The fourth-order valence-electron chi connectivity index (χ4n) is 1.93. The summed E-state index contributed by atoms with van der Waals surface area (Å²) in [6.07, 6.45) is 0. The normalized spacial score (nSPS) is 10.4. The first-order valence-electron chi connectivity index (χ1n) is 7.06. The molecule has 0 fully saturated rings. The number of hydrogen-bond acceptors (Lipinski definition) is 4. The number of carbonyl (C=O) groups is 2. The molecule has 0 amide bonds. The first kappa shape index (κ1) is 18.4. The van der Waals surface area contributed by atoms with E-state index in [-0.39, 0.29) is 31.1 Å². The molecule has 126 valence electrons. The number of carbonyl (C=O) groups excluding carboxylic acids is 1. The molecule has 0 bridgehead atoms. The monoisotopic (exact) mass is 411 g/mol. The van der Waals surface area contributed by atoms with Gasteiger partial charge in [0.05, 0.1) is 23.7 Å². The summed E-state index contributed by atoms with van der Waals surface area (Å²) in [5.41, 5.74) is 1.61. The minimum absolute atomic E-state index is 0.0424. The number of halogens is 2. The zero-order valence-electron chi connectivity index (χ0n) is 12.6. The van der Waals surface area contributed by atoms with Crippen molar-refractivity contribution in [1.29, 1.82) is 0 Å². The number of Topliss-reactive ketones (excluding diaryl/α,β-unsaturated/α-hetero) is 1. The molecule has 0 aromatic heterocycles. The maximum absolute atomic E-state index is 11.8. The van der Waals surface area contributed by atoms with E-state index < -0.39 is 5.97 Å². The van der Waals surface area contributed by atoms with Crippen molar-refractivity contribution in [3.63, 3.8) is 0 Å². The average molecular weight is 413 g/mol. The number of hydrogen-bond donors (Lipinski definition) is 2. The number of nitrogens with one attached hydrogen (secondary N) is 1. The van der Waals surface area contributed by atoms with Gasteiger partial charge in [-0.1, -0.05) is 23.7 Å². The Morgan fingerprint density at radius 2 is 2.00 bits per heavy atom. The van der Waals surface area contributed by atoms with Gasteiger partial charge in [0.15, 0.2) is 5.78 Å². The smallest absolute Gasteiger partial charge is 0.335 e. The highest BCUT2D eigenvalue weighted by molar-refractivity contribution is 9.10. The number of carboxylic acids is 1. The number of rotatable bonds is 8. The fraction of sp³-hybridized carbons (Fsp3) is 0.176. The highest BCUT2D eigenvalue weighted by Gasteiger charge is 2.06. The summed E-state index contributed by atoms with van der Waals surface area (Å²) in [5.74, 6) is -1.15. The lowest BCUT2D eigenvalue weighted by molar-refractivity contribution is -0.122. The van der Waals surface area contributed by atoms with Crippen LogP contribution in [0.3, 0.4) is 0 Å². The number of benzene rings is 2. The molecule has 0 radical (unpaired) electrons. The molecule has 0 unspecified atom stereocenters. The van der Waals surface area contributed by atoms with Crippen molar-refractivity contribution in [3.8, 4) is 0 Å². The number of anilines is 1. The van der Waals surface area contributed by atoms with Crippen LogP contribution in [0.15, 0.2) is 46.9 Å². The summed E-state index contributed by atoms with van der Waals surface area (Å²) in [4.78, 5) is 22.7. The predicted octanol–water partition coefficient (Wildman–Crippen LogP) is 4.00. The quantitative estimate of drug-likeness (QED) is 0.685. The second-order valence-electron chi connectivity index (χ2n) is 5.02. The van der Waals surface area contributed by atoms with Crippen molar-refractivity contribution < 1.29 is 19.4 Å². The second kappa shape index (κ2) is 8.82. The number of carboxylic acid groups (broad SMARTS) is 1. The average Bonchev–Trinajstić information content (AvgIpc) is 2.56. The SMILES string of the molecule is O=C(CNc1cccc(C(=O)O)c1)COCc1ccc(Br)c(Cl)c1. The van der Waals surface area contributed by atoms with Crippen LogP contribution in [0.25, 0.3) is 0 Å². The molecular weight excluding hydrogens is 398 g/mol. The van der Waals surface area contributed by atoms with Gasteiger partial charge in [0.1, 0.15) is 6.61 Å². The number of ketones is 1. The largest absolute Gasteiger partial charge is 0.478 e. The van der Waals surface area contributed by atoms with Crippen molar-refractivity contribution in [2.75, 3.05) is 18.5 Å². The zero-order chi connectivity index (χ0) is 17.5. The Morgan fingerprint density at radius 3 is 2.71 bits per heavy atom. The third kappa shape index (κ3) is 5.63. The first-order valence-corrected chi connectivity index (χ1v) is 8.23. The Kier molecular flexibility index (Phi) is 6.78. The van der Waals surface area contributed by atoms with Crippen LogP contribution < -0.4 is 5.32 Å². The molecule has 0 aliphatic carbocycles. The predicted molar refractivity (Wildman–Crippen MR) is 95.7 cm³/mol. The van der Waals surface area contributed by atoms with Gasteiger partial charge in [-0.15, -0.1) is 0 Å². The van der Waals surface area contributed by atoms with E-state index in [1.807, 2.05) is 12.1 Å². The van der Waals surface area contributed by atoms with Gasteiger partial charge in [0, 0.05) is 10.2 Å². The van der Waals surface area contributed by atoms with Gasteiger partial charge >= 0.3 is 5.97 Å². The molecule has 2 rings (SSSR count). The minimum atomic E-state index is -1.01. The zero-order valence-corrected chi connectivity index (χ0v) is 14.9. The topological polar surface area (TPSA) is 75.6 Å². The molecule has 0 atom stereocenters. The summed E-state index contributed by atoms with van der Waals surface area (Å²) in [6, 6.07) is 11.7. The summed E-state index contributed by atoms with van der Waals surface area (Å²) in [6.45, 7) is 0.302. The summed E-state index contributed by atoms with van der Waals surface area (Å²) < 4.78 is 6.17. The van der Waals surface area contributed by atoms with Gasteiger partial charge < -0.3 is 15.2 Å². The van der Waals surface area contributed by atoms with Gasteiger partial charge in [-0.2, -0.15) is 0 Å². The lowest BCUT2D eigenvalue weighted by Gasteiger charge is -2.08. The molecule has 0 aliphatic rings. The summed E-state index contributed by atoms with van der Waals surface area (Å²) in [5, 5.41) is 12.4. The molecule has 2 aromatic rings. The first-order chi connectivity index (χ1) is 11.5. The van der Waals surface area contributed by atoms with Gasteiger partial charge in [-0.3, -0.25) is 4.79 Å². The maximum Gasteiger partial charge on any atom is 0.335 e. The lowest BCUT2D eigenvalue weighted by atomic mass is 10.2. The summed E-state index contributed by atoms with van der Waals surface area (Å²) >= 11 is 9.29. The van der Waals surface area contributed by atoms with Gasteiger partial charge in [-0.25, -0.2) is 4.79 Å². The van der Waals surface area contributed by atoms with Crippen molar-refractivity contribution in [1.82, 2.24) is 0 Å². The minimum Gasteiger partial charge on any atom is -0.478 e. The molecule has 5 nitrogen and oxygen atoms in total. The molecule has 2 N–H and O–H groups in total. The molecule has 0 spiro atoms. The van der Waals surface area contributed by atoms with E-state index in [9.17, 15) is 9.59 Å². The van der Waals surface area contributed by atoms with Crippen molar-refractivity contribution in [2.45, 2.75) is 6.61 Å². The van der Waals surface area contributed by atoms with Crippen LogP contribution in [0.5, 0.6) is 0 Å². The Hall–Kier alpha value is -1.89. The fourth-order valence-corrected chi connectivity index (χ4v) is 2.38. The Bertz CT molecular complexity index is 751. The van der Waals surface area contributed by atoms with Crippen LogP contribution >= 0.6 is 27.5 Å². The third-order valence-corrected chi connectivity index (χ3v) is 4.35. The van der Waals surface area contributed by atoms with E-state index in [2.05, 4.69) is 21.2 Å². The molecule has 0 saturated carbocycles. The van der Waals surface area contributed by atoms with Crippen LogP contribution in [-0.4, -0.2) is 30.0 Å². The molecule has 7 heteroatoms. The van der Waals surface area contributed by atoms with Crippen LogP contribution in [0.1, 0.15) is 15.9 Å². The Morgan fingerprint density at radius 1 is 1.21 bits per heavy atom. The molecule has 2 aromatic carbocycles. The van der Waals surface area contributed by atoms with Crippen LogP contribution in [-0.2, 0) is 16.1 Å². The second-order valence-corrected chi connectivity index (χ2v) is 6.28.